The Morgan fingerprint density at radius 2 is 2.00 bits per heavy atom. The molecule has 2 heterocycles. The van der Waals surface area contributed by atoms with Crippen molar-refractivity contribution >= 4 is 11.9 Å². The van der Waals surface area contributed by atoms with Gasteiger partial charge in [0, 0.05) is 30.3 Å². The lowest BCUT2D eigenvalue weighted by Crippen LogP contribution is -2.40. The Balaban J connectivity index is 1.68. The highest BCUT2D eigenvalue weighted by Gasteiger charge is 2.25. The molecule has 3 rings (SSSR count). The number of carbonyl (C=O) groups is 2. The van der Waals surface area contributed by atoms with Crippen molar-refractivity contribution in [3.05, 3.63) is 52.3 Å². The van der Waals surface area contributed by atoms with Crippen LogP contribution in [-0.2, 0) is 11.2 Å². The first-order valence-electron chi connectivity index (χ1n) is 8.57. The Bertz CT molecular complexity index is 760. The molecule has 1 unspecified atom stereocenters. The molecule has 0 aliphatic carbocycles. The third-order valence-electron chi connectivity index (χ3n) is 5.01. The van der Waals surface area contributed by atoms with E-state index in [1.54, 1.807) is 12.1 Å². The van der Waals surface area contributed by atoms with Crippen LogP contribution >= 0.6 is 0 Å². The first-order chi connectivity index (χ1) is 12.0. The van der Waals surface area contributed by atoms with Gasteiger partial charge in [-0.1, -0.05) is 12.1 Å². The first-order valence-corrected chi connectivity index (χ1v) is 8.57. The number of amides is 1. The third-order valence-corrected chi connectivity index (χ3v) is 5.01. The van der Waals surface area contributed by atoms with Crippen LogP contribution in [0.4, 0.5) is 0 Å². The van der Waals surface area contributed by atoms with E-state index in [0.717, 1.165) is 41.9 Å². The first kappa shape index (κ1) is 17.2. The predicted octanol–water partition coefficient (Wildman–Crippen LogP) is 2.67. The van der Waals surface area contributed by atoms with E-state index in [4.69, 9.17) is 5.11 Å². The molecule has 1 atom stereocenters. The van der Waals surface area contributed by atoms with Crippen LogP contribution < -0.4 is 0 Å². The number of carbonyl (C=O) groups excluding carboxylic acids is 1. The molecule has 0 spiro atoms. The van der Waals surface area contributed by atoms with Crippen molar-refractivity contribution < 1.29 is 14.7 Å². The topological polar surface area (TPSA) is 86.3 Å². The molecule has 1 aromatic heterocycles. The molecule has 0 saturated carbocycles. The van der Waals surface area contributed by atoms with Gasteiger partial charge in [-0.2, -0.15) is 5.10 Å². The van der Waals surface area contributed by atoms with Gasteiger partial charge in [0.05, 0.1) is 17.7 Å². The van der Waals surface area contributed by atoms with Gasteiger partial charge in [0.25, 0.3) is 0 Å². The number of aromatic carboxylic acids is 1. The van der Waals surface area contributed by atoms with Crippen LogP contribution in [0.2, 0.25) is 0 Å². The SMILES string of the molecule is Cc1n[nH]c(C)c1CC(=O)N1CCCC(c2ccc(C(=O)O)cc2)C1. The molecule has 1 fully saturated rings. The van der Waals surface area contributed by atoms with E-state index < -0.39 is 5.97 Å². The fourth-order valence-electron chi connectivity index (χ4n) is 3.47. The number of likely N-dealkylation sites (tertiary alicyclic amines) is 1. The molecule has 25 heavy (non-hydrogen) atoms. The van der Waals surface area contributed by atoms with Crippen LogP contribution in [-0.4, -0.2) is 45.2 Å². The largest absolute Gasteiger partial charge is 0.478 e. The fourth-order valence-corrected chi connectivity index (χ4v) is 3.47. The van der Waals surface area contributed by atoms with Crippen molar-refractivity contribution in [2.45, 2.75) is 39.0 Å². The molecule has 1 aliphatic heterocycles. The Kier molecular flexibility index (Phi) is 4.88. The van der Waals surface area contributed by atoms with Crippen LogP contribution in [0.3, 0.4) is 0 Å². The Morgan fingerprint density at radius 3 is 2.60 bits per heavy atom. The van der Waals surface area contributed by atoms with E-state index in [1.165, 1.54) is 0 Å². The fraction of sp³-hybridized carbons (Fsp3) is 0.421. The van der Waals surface area contributed by atoms with Gasteiger partial charge in [0.2, 0.25) is 5.91 Å². The number of piperidine rings is 1. The number of carboxylic acids is 1. The molecule has 0 bridgehead atoms. The lowest BCUT2D eigenvalue weighted by molar-refractivity contribution is -0.131. The number of hydrogen-bond donors (Lipinski definition) is 2. The average molecular weight is 341 g/mol. The van der Waals surface area contributed by atoms with Crippen LogP contribution in [0, 0.1) is 13.8 Å². The second kappa shape index (κ2) is 7.09. The van der Waals surface area contributed by atoms with Crippen LogP contribution in [0.15, 0.2) is 24.3 Å². The molecule has 132 valence electrons. The van der Waals surface area contributed by atoms with Crippen LogP contribution in [0.5, 0.6) is 0 Å². The van der Waals surface area contributed by atoms with Gasteiger partial charge in [-0.05, 0) is 44.4 Å². The highest BCUT2D eigenvalue weighted by atomic mass is 16.4. The summed E-state index contributed by atoms with van der Waals surface area (Å²) in [5.41, 5.74) is 4.20. The zero-order chi connectivity index (χ0) is 18.0. The monoisotopic (exact) mass is 341 g/mol. The molecular weight excluding hydrogens is 318 g/mol. The molecule has 2 N–H and O–H groups in total. The summed E-state index contributed by atoms with van der Waals surface area (Å²) in [5, 5.41) is 16.1. The summed E-state index contributed by atoms with van der Waals surface area (Å²) < 4.78 is 0. The van der Waals surface area contributed by atoms with E-state index in [-0.39, 0.29) is 11.8 Å². The zero-order valence-electron chi connectivity index (χ0n) is 14.6. The quantitative estimate of drug-likeness (QED) is 0.895. The van der Waals surface area contributed by atoms with E-state index in [9.17, 15) is 9.59 Å². The number of benzene rings is 1. The molecular formula is C19H23N3O3. The molecule has 1 amide bonds. The molecule has 2 aromatic rings. The second-order valence-electron chi connectivity index (χ2n) is 6.70. The van der Waals surface area contributed by atoms with Gasteiger partial charge in [-0.15, -0.1) is 0 Å². The van der Waals surface area contributed by atoms with E-state index in [0.29, 0.717) is 18.5 Å². The molecule has 6 nitrogen and oxygen atoms in total. The van der Waals surface area contributed by atoms with Crippen molar-refractivity contribution in [2.24, 2.45) is 0 Å². The van der Waals surface area contributed by atoms with Gasteiger partial charge in [0.15, 0.2) is 0 Å². The van der Waals surface area contributed by atoms with Crippen molar-refractivity contribution in [1.82, 2.24) is 15.1 Å². The van der Waals surface area contributed by atoms with E-state index in [2.05, 4.69) is 10.2 Å². The number of carboxylic acid groups (broad SMARTS) is 1. The standard InChI is InChI=1S/C19H23N3O3/c1-12-17(13(2)21-20-12)10-18(23)22-9-3-4-16(11-22)14-5-7-15(8-6-14)19(24)25/h5-8,16H,3-4,9-11H2,1-2H3,(H,20,21)(H,24,25). The van der Waals surface area contributed by atoms with Crippen molar-refractivity contribution in [2.75, 3.05) is 13.1 Å². The summed E-state index contributed by atoms with van der Waals surface area (Å²) in [6.45, 7) is 5.31. The number of nitrogens with zero attached hydrogens (tertiary/aromatic N) is 2. The molecule has 1 aliphatic rings. The normalized spacial score (nSPS) is 17.5. The summed E-state index contributed by atoms with van der Waals surface area (Å²) in [4.78, 5) is 25.6. The van der Waals surface area contributed by atoms with E-state index in [1.807, 2.05) is 30.9 Å². The Morgan fingerprint density at radius 1 is 1.28 bits per heavy atom. The number of hydrogen-bond acceptors (Lipinski definition) is 3. The molecule has 1 saturated heterocycles. The third kappa shape index (κ3) is 3.73. The van der Waals surface area contributed by atoms with Gasteiger partial charge < -0.3 is 10.0 Å². The minimum absolute atomic E-state index is 0.124. The predicted molar refractivity (Wildman–Crippen MR) is 93.7 cm³/mol. The minimum Gasteiger partial charge on any atom is -0.478 e. The smallest absolute Gasteiger partial charge is 0.335 e. The summed E-state index contributed by atoms with van der Waals surface area (Å²) in [6, 6.07) is 7.01. The Labute approximate surface area is 146 Å². The lowest BCUT2D eigenvalue weighted by atomic mass is 9.90. The highest BCUT2D eigenvalue weighted by Crippen LogP contribution is 2.27. The lowest BCUT2D eigenvalue weighted by Gasteiger charge is -2.33. The van der Waals surface area contributed by atoms with Crippen molar-refractivity contribution in [3.8, 4) is 0 Å². The maximum atomic E-state index is 12.7. The summed E-state index contributed by atoms with van der Waals surface area (Å²) in [5.74, 6) is -0.538. The number of H-pyrrole nitrogens is 1. The minimum atomic E-state index is -0.919. The second-order valence-corrected chi connectivity index (χ2v) is 6.70. The number of aryl methyl sites for hydroxylation is 2. The van der Waals surface area contributed by atoms with Crippen LogP contribution in [0.25, 0.3) is 0 Å². The van der Waals surface area contributed by atoms with Crippen LogP contribution in [0.1, 0.15) is 51.6 Å². The molecule has 1 aromatic carbocycles. The zero-order valence-corrected chi connectivity index (χ0v) is 14.6. The molecule has 0 radical (unpaired) electrons. The number of rotatable bonds is 4. The number of aromatic amines is 1. The van der Waals surface area contributed by atoms with Gasteiger partial charge >= 0.3 is 5.97 Å². The highest BCUT2D eigenvalue weighted by molar-refractivity contribution is 5.87. The summed E-state index contributed by atoms with van der Waals surface area (Å²) in [6.07, 6.45) is 2.35. The van der Waals surface area contributed by atoms with E-state index >= 15 is 0 Å². The van der Waals surface area contributed by atoms with Crippen molar-refractivity contribution in [3.63, 3.8) is 0 Å². The maximum Gasteiger partial charge on any atom is 0.335 e. The molecule has 6 heteroatoms. The van der Waals surface area contributed by atoms with Crippen molar-refractivity contribution in [1.29, 1.82) is 0 Å². The van der Waals surface area contributed by atoms with Gasteiger partial charge in [-0.25, -0.2) is 4.79 Å². The summed E-state index contributed by atoms with van der Waals surface area (Å²) >= 11 is 0. The number of nitrogens with one attached hydrogen (secondary N) is 1. The summed E-state index contributed by atoms with van der Waals surface area (Å²) in [7, 11) is 0. The van der Waals surface area contributed by atoms with Gasteiger partial charge in [0.1, 0.15) is 0 Å². The average Bonchev–Trinajstić information content (AvgIpc) is 2.94. The number of aromatic nitrogens is 2. The Hall–Kier alpha value is -2.63. The van der Waals surface area contributed by atoms with Gasteiger partial charge in [-0.3, -0.25) is 9.89 Å². The maximum absolute atomic E-state index is 12.7.